The maximum atomic E-state index is 12.5. The summed E-state index contributed by atoms with van der Waals surface area (Å²) in [6.45, 7) is 7.79. The molecule has 0 aliphatic carbocycles. The number of amides is 1. The Morgan fingerprint density at radius 3 is 2.55 bits per heavy atom. The zero-order valence-corrected chi connectivity index (χ0v) is 14.5. The average molecular weight is 350 g/mol. The third-order valence-corrected chi connectivity index (χ3v) is 4.46. The van der Waals surface area contributed by atoms with Crippen LogP contribution in [0.5, 0.6) is 0 Å². The molecular formula is C14H25Cl2N5O. The molecule has 126 valence electrons. The molecule has 22 heavy (non-hydrogen) atoms. The van der Waals surface area contributed by atoms with E-state index in [1.54, 1.807) is 10.9 Å². The molecule has 1 N–H and O–H groups in total. The SMILES string of the molecule is CC(C(=O)N1CCN(C2CCNC2)CC1)n1cccn1.Cl.Cl. The fourth-order valence-electron chi connectivity index (χ4n) is 3.15. The summed E-state index contributed by atoms with van der Waals surface area (Å²) in [6.07, 6.45) is 4.80. The standard InChI is InChI=1S/C14H23N5O.2ClH/c1-12(19-6-2-4-16-19)14(20)18-9-7-17(8-10-18)13-3-5-15-11-13;;/h2,4,6,12-13,15H,3,5,7-11H2,1H3;2*1H. The number of carbonyl (C=O) groups is 1. The molecule has 3 heterocycles. The Morgan fingerprint density at radius 1 is 1.27 bits per heavy atom. The summed E-state index contributed by atoms with van der Waals surface area (Å²) in [5.74, 6) is 0.179. The highest BCUT2D eigenvalue weighted by molar-refractivity contribution is 5.85. The highest BCUT2D eigenvalue weighted by Gasteiger charge is 2.29. The van der Waals surface area contributed by atoms with Gasteiger partial charge in [-0.05, 0) is 26.0 Å². The van der Waals surface area contributed by atoms with Gasteiger partial charge in [0.1, 0.15) is 6.04 Å². The average Bonchev–Trinajstić information content (AvgIpc) is 3.18. The van der Waals surface area contributed by atoms with Crippen LogP contribution in [0, 0.1) is 0 Å². The molecule has 2 fully saturated rings. The topological polar surface area (TPSA) is 53.4 Å². The van der Waals surface area contributed by atoms with Crippen LogP contribution in [0.3, 0.4) is 0 Å². The second-order valence-corrected chi connectivity index (χ2v) is 5.67. The van der Waals surface area contributed by atoms with Crippen molar-refractivity contribution in [2.24, 2.45) is 0 Å². The highest BCUT2D eigenvalue weighted by Crippen LogP contribution is 2.15. The van der Waals surface area contributed by atoms with Gasteiger partial charge in [0.15, 0.2) is 0 Å². The smallest absolute Gasteiger partial charge is 0.247 e. The van der Waals surface area contributed by atoms with E-state index in [1.807, 2.05) is 24.1 Å². The zero-order chi connectivity index (χ0) is 13.9. The first-order valence-electron chi connectivity index (χ1n) is 7.48. The minimum absolute atomic E-state index is 0. The Balaban J connectivity index is 0.00000121. The molecule has 0 spiro atoms. The number of aromatic nitrogens is 2. The van der Waals surface area contributed by atoms with E-state index in [9.17, 15) is 4.79 Å². The molecule has 0 aromatic carbocycles. The Bertz CT molecular complexity index is 442. The Labute approximate surface area is 144 Å². The maximum absolute atomic E-state index is 12.5. The van der Waals surface area contributed by atoms with Gasteiger partial charge >= 0.3 is 0 Å². The van der Waals surface area contributed by atoms with Crippen molar-refractivity contribution in [1.29, 1.82) is 0 Å². The van der Waals surface area contributed by atoms with Crippen LogP contribution in [0.4, 0.5) is 0 Å². The van der Waals surface area contributed by atoms with E-state index in [0.717, 1.165) is 39.3 Å². The molecule has 1 aromatic heterocycles. The fourth-order valence-corrected chi connectivity index (χ4v) is 3.15. The first kappa shape index (κ1) is 19.2. The lowest BCUT2D eigenvalue weighted by atomic mass is 10.1. The summed E-state index contributed by atoms with van der Waals surface area (Å²) in [6, 6.07) is 2.31. The Kier molecular flexibility index (Phi) is 7.62. The molecule has 2 unspecified atom stereocenters. The fraction of sp³-hybridized carbons (Fsp3) is 0.714. The van der Waals surface area contributed by atoms with Crippen molar-refractivity contribution in [2.75, 3.05) is 39.3 Å². The van der Waals surface area contributed by atoms with Crippen LogP contribution in [0.15, 0.2) is 18.5 Å². The lowest BCUT2D eigenvalue weighted by molar-refractivity contribution is -0.136. The molecule has 2 saturated heterocycles. The van der Waals surface area contributed by atoms with E-state index in [0.29, 0.717) is 6.04 Å². The van der Waals surface area contributed by atoms with Crippen LogP contribution >= 0.6 is 24.8 Å². The summed E-state index contributed by atoms with van der Waals surface area (Å²) >= 11 is 0. The predicted molar refractivity (Wildman–Crippen MR) is 90.9 cm³/mol. The third-order valence-electron chi connectivity index (χ3n) is 4.46. The van der Waals surface area contributed by atoms with Crippen molar-refractivity contribution in [2.45, 2.75) is 25.4 Å². The first-order valence-corrected chi connectivity index (χ1v) is 7.48. The molecule has 2 aliphatic rings. The number of nitrogens with one attached hydrogen (secondary N) is 1. The Hall–Kier alpha value is -0.820. The highest BCUT2D eigenvalue weighted by atomic mass is 35.5. The molecule has 2 aliphatic heterocycles. The van der Waals surface area contributed by atoms with Gasteiger partial charge in [0, 0.05) is 51.2 Å². The van der Waals surface area contributed by atoms with E-state index in [2.05, 4.69) is 15.3 Å². The molecule has 0 saturated carbocycles. The summed E-state index contributed by atoms with van der Waals surface area (Å²) in [5.41, 5.74) is 0. The molecule has 3 rings (SSSR count). The van der Waals surface area contributed by atoms with Gasteiger partial charge in [-0.25, -0.2) is 0 Å². The monoisotopic (exact) mass is 349 g/mol. The largest absolute Gasteiger partial charge is 0.338 e. The van der Waals surface area contributed by atoms with E-state index >= 15 is 0 Å². The van der Waals surface area contributed by atoms with Gasteiger partial charge in [-0.2, -0.15) is 5.10 Å². The van der Waals surface area contributed by atoms with Crippen LogP contribution in [0.1, 0.15) is 19.4 Å². The van der Waals surface area contributed by atoms with E-state index in [4.69, 9.17) is 0 Å². The van der Waals surface area contributed by atoms with Gasteiger partial charge in [0.2, 0.25) is 5.91 Å². The van der Waals surface area contributed by atoms with Crippen LogP contribution < -0.4 is 5.32 Å². The van der Waals surface area contributed by atoms with Crippen LogP contribution in [-0.2, 0) is 4.79 Å². The number of piperazine rings is 1. The van der Waals surface area contributed by atoms with E-state index < -0.39 is 0 Å². The molecular weight excluding hydrogens is 325 g/mol. The summed E-state index contributed by atoms with van der Waals surface area (Å²) < 4.78 is 1.73. The van der Waals surface area contributed by atoms with Crippen molar-refractivity contribution in [3.05, 3.63) is 18.5 Å². The van der Waals surface area contributed by atoms with E-state index in [1.165, 1.54) is 6.42 Å². The third kappa shape index (κ3) is 4.13. The maximum Gasteiger partial charge on any atom is 0.247 e. The van der Waals surface area contributed by atoms with Crippen molar-refractivity contribution in [3.8, 4) is 0 Å². The van der Waals surface area contributed by atoms with Crippen LogP contribution in [0.2, 0.25) is 0 Å². The molecule has 0 radical (unpaired) electrons. The molecule has 1 amide bonds. The van der Waals surface area contributed by atoms with Gasteiger partial charge in [0.05, 0.1) is 0 Å². The van der Waals surface area contributed by atoms with Crippen molar-refractivity contribution < 1.29 is 4.79 Å². The summed E-state index contributed by atoms with van der Waals surface area (Å²) in [5, 5.41) is 7.57. The number of hydrogen-bond donors (Lipinski definition) is 1. The number of rotatable bonds is 3. The van der Waals surface area contributed by atoms with E-state index in [-0.39, 0.29) is 36.8 Å². The predicted octanol–water partition coefficient (Wildman–Crippen LogP) is 0.794. The molecule has 0 bridgehead atoms. The number of nitrogens with zero attached hydrogens (tertiary/aromatic N) is 4. The number of carbonyl (C=O) groups excluding carboxylic acids is 1. The quantitative estimate of drug-likeness (QED) is 0.876. The number of halogens is 2. The molecule has 1 aromatic rings. The van der Waals surface area contributed by atoms with Crippen LogP contribution in [-0.4, -0.2) is 70.8 Å². The van der Waals surface area contributed by atoms with Gasteiger partial charge in [0.25, 0.3) is 0 Å². The summed E-state index contributed by atoms with van der Waals surface area (Å²) in [4.78, 5) is 17.0. The van der Waals surface area contributed by atoms with Gasteiger partial charge in [-0.3, -0.25) is 14.4 Å². The minimum Gasteiger partial charge on any atom is -0.338 e. The Morgan fingerprint density at radius 2 is 2.00 bits per heavy atom. The molecule has 2 atom stereocenters. The van der Waals surface area contributed by atoms with Crippen molar-refractivity contribution in [1.82, 2.24) is 24.9 Å². The van der Waals surface area contributed by atoms with Crippen LogP contribution in [0.25, 0.3) is 0 Å². The lowest BCUT2D eigenvalue weighted by Crippen LogP contribution is -2.53. The summed E-state index contributed by atoms with van der Waals surface area (Å²) in [7, 11) is 0. The first-order chi connectivity index (χ1) is 9.75. The van der Waals surface area contributed by atoms with Crippen molar-refractivity contribution >= 4 is 30.7 Å². The molecule has 6 nitrogen and oxygen atoms in total. The second-order valence-electron chi connectivity index (χ2n) is 5.67. The van der Waals surface area contributed by atoms with Crippen molar-refractivity contribution in [3.63, 3.8) is 0 Å². The molecule has 8 heteroatoms. The van der Waals surface area contributed by atoms with Gasteiger partial charge in [-0.15, -0.1) is 24.8 Å². The van der Waals surface area contributed by atoms with Gasteiger partial charge < -0.3 is 10.2 Å². The zero-order valence-electron chi connectivity index (χ0n) is 12.9. The second kappa shape index (κ2) is 8.72. The lowest BCUT2D eigenvalue weighted by Gasteiger charge is -2.38. The minimum atomic E-state index is -0.204. The number of hydrogen-bond acceptors (Lipinski definition) is 4. The van der Waals surface area contributed by atoms with Gasteiger partial charge in [-0.1, -0.05) is 0 Å². The normalized spacial score (nSPS) is 23.5.